The van der Waals surface area contributed by atoms with E-state index in [9.17, 15) is 9.59 Å². The second-order valence-electron chi connectivity index (χ2n) is 6.92. The van der Waals surface area contributed by atoms with Gasteiger partial charge in [-0.05, 0) is 41.8 Å². The van der Waals surface area contributed by atoms with Crippen LogP contribution in [-0.2, 0) is 22.7 Å². The molecule has 7 nitrogen and oxygen atoms in total. The van der Waals surface area contributed by atoms with E-state index < -0.39 is 0 Å². The normalized spacial score (nSPS) is 19.0. The monoisotopic (exact) mass is 382 g/mol. The molecule has 146 valence electrons. The van der Waals surface area contributed by atoms with E-state index in [4.69, 9.17) is 14.2 Å². The standard InChI is InChI=1S/C21H22N2O5/c1-26-15-5-2-13(3-6-15)10-22-20(24)16-9-17(16)21(25)23-11-14-4-7-18-19(8-14)28-12-27-18/h2-8,16-17H,9-12H2,1H3,(H,22,24)(H,23,25). The van der Waals surface area contributed by atoms with Gasteiger partial charge in [0.1, 0.15) is 5.75 Å². The third kappa shape index (κ3) is 4.03. The zero-order valence-corrected chi connectivity index (χ0v) is 15.6. The molecular formula is C21H22N2O5. The van der Waals surface area contributed by atoms with E-state index in [2.05, 4.69) is 10.6 Å². The van der Waals surface area contributed by atoms with Gasteiger partial charge in [0, 0.05) is 13.1 Å². The van der Waals surface area contributed by atoms with Gasteiger partial charge in [-0.1, -0.05) is 18.2 Å². The number of hydrogen-bond donors (Lipinski definition) is 2. The lowest BCUT2D eigenvalue weighted by atomic mass is 10.2. The molecule has 0 spiro atoms. The minimum absolute atomic E-state index is 0.0842. The Morgan fingerprint density at radius 1 is 0.929 bits per heavy atom. The summed E-state index contributed by atoms with van der Waals surface area (Å²) in [5.74, 6) is 1.48. The molecule has 7 heteroatoms. The molecule has 1 heterocycles. The molecule has 2 aromatic carbocycles. The first-order valence-electron chi connectivity index (χ1n) is 9.21. The zero-order chi connectivity index (χ0) is 19.5. The van der Waals surface area contributed by atoms with Gasteiger partial charge in [0.05, 0.1) is 18.9 Å². The summed E-state index contributed by atoms with van der Waals surface area (Å²) in [6, 6.07) is 13.1. The molecule has 2 N–H and O–H groups in total. The fourth-order valence-corrected chi connectivity index (χ4v) is 3.21. The molecule has 0 radical (unpaired) electrons. The van der Waals surface area contributed by atoms with Crippen LogP contribution in [0.25, 0.3) is 0 Å². The molecule has 0 aromatic heterocycles. The van der Waals surface area contributed by atoms with Crippen molar-refractivity contribution in [3.05, 3.63) is 53.6 Å². The van der Waals surface area contributed by atoms with E-state index in [1.165, 1.54) is 0 Å². The summed E-state index contributed by atoms with van der Waals surface area (Å²) in [5.41, 5.74) is 1.91. The molecule has 28 heavy (non-hydrogen) atoms. The van der Waals surface area contributed by atoms with Gasteiger partial charge in [-0.3, -0.25) is 9.59 Å². The number of rotatable bonds is 7. The maximum absolute atomic E-state index is 12.3. The van der Waals surface area contributed by atoms with E-state index >= 15 is 0 Å². The number of hydrogen-bond acceptors (Lipinski definition) is 5. The highest BCUT2D eigenvalue weighted by Gasteiger charge is 2.47. The average molecular weight is 382 g/mol. The van der Waals surface area contributed by atoms with Gasteiger partial charge < -0.3 is 24.8 Å². The van der Waals surface area contributed by atoms with Crippen LogP contribution < -0.4 is 24.8 Å². The summed E-state index contributed by atoms with van der Waals surface area (Å²) in [4.78, 5) is 24.6. The van der Waals surface area contributed by atoms with Gasteiger partial charge in [-0.2, -0.15) is 0 Å². The van der Waals surface area contributed by atoms with Gasteiger partial charge >= 0.3 is 0 Å². The van der Waals surface area contributed by atoms with Crippen LogP contribution in [0.15, 0.2) is 42.5 Å². The Balaban J connectivity index is 1.21. The molecule has 2 aromatic rings. The molecule has 1 aliphatic carbocycles. The van der Waals surface area contributed by atoms with Crippen molar-refractivity contribution in [2.75, 3.05) is 13.9 Å². The van der Waals surface area contributed by atoms with Crippen LogP contribution in [0.2, 0.25) is 0 Å². The largest absolute Gasteiger partial charge is 0.497 e. The number of ether oxygens (including phenoxy) is 3. The minimum atomic E-state index is -0.259. The lowest BCUT2D eigenvalue weighted by molar-refractivity contribution is -0.127. The quantitative estimate of drug-likeness (QED) is 0.765. The van der Waals surface area contributed by atoms with E-state index in [-0.39, 0.29) is 30.4 Å². The first-order chi connectivity index (χ1) is 13.6. The Morgan fingerprint density at radius 3 is 2.21 bits per heavy atom. The molecular weight excluding hydrogens is 360 g/mol. The van der Waals surface area contributed by atoms with Gasteiger partial charge in [-0.25, -0.2) is 0 Å². The van der Waals surface area contributed by atoms with Crippen molar-refractivity contribution in [3.8, 4) is 17.2 Å². The lowest BCUT2D eigenvalue weighted by Gasteiger charge is -2.07. The fourth-order valence-electron chi connectivity index (χ4n) is 3.21. The molecule has 2 amide bonds. The van der Waals surface area contributed by atoms with Crippen molar-refractivity contribution in [3.63, 3.8) is 0 Å². The minimum Gasteiger partial charge on any atom is -0.497 e. The van der Waals surface area contributed by atoms with Crippen molar-refractivity contribution in [2.24, 2.45) is 11.8 Å². The Morgan fingerprint density at radius 2 is 1.54 bits per heavy atom. The Kier molecular flexibility index (Phi) is 5.06. The summed E-state index contributed by atoms with van der Waals surface area (Å²) in [7, 11) is 1.61. The molecule has 1 aliphatic heterocycles. The van der Waals surface area contributed by atoms with Gasteiger partial charge in [0.25, 0.3) is 0 Å². The molecule has 2 unspecified atom stereocenters. The first kappa shape index (κ1) is 18.2. The second-order valence-corrected chi connectivity index (χ2v) is 6.92. The average Bonchev–Trinajstić information content (AvgIpc) is 3.40. The van der Waals surface area contributed by atoms with Crippen LogP contribution in [0.3, 0.4) is 0 Å². The maximum atomic E-state index is 12.3. The molecule has 4 rings (SSSR count). The predicted octanol–water partition coefficient (Wildman–Crippen LogP) is 1.99. The number of fused-ring (bicyclic) bond motifs is 1. The molecule has 2 atom stereocenters. The van der Waals surface area contributed by atoms with Crippen molar-refractivity contribution in [2.45, 2.75) is 19.5 Å². The maximum Gasteiger partial charge on any atom is 0.231 e. The SMILES string of the molecule is COc1ccc(CNC(=O)C2CC2C(=O)NCc2ccc3c(c2)OCO3)cc1. The Hall–Kier alpha value is -3.22. The highest BCUT2D eigenvalue weighted by atomic mass is 16.7. The molecule has 1 saturated carbocycles. The third-order valence-corrected chi connectivity index (χ3v) is 4.99. The third-order valence-electron chi connectivity index (χ3n) is 4.99. The van der Waals surface area contributed by atoms with E-state index in [1.807, 2.05) is 42.5 Å². The first-order valence-corrected chi connectivity index (χ1v) is 9.21. The van der Waals surface area contributed by atoms with Crippen LogP contribution >= 0.6 is 0 Å². The van der Waals surface area contributed by atoms with E-state index in [0.29, 0.717) is 31.0 Å². The number of carbonyl (C=O) groups excluding carboxylic acids is 2. The van der Waals surface area contributed by atoms with Crippen molar-refractivity contribution >= 4 is 11.8 Å². The summed E-state index contributed by atoms with van der Waals surface area (Å²) in [6.45, 7) is 1.05. The van der Waals surface area contributed by atoms with Crippen LogP contribution in [0.1, 0.15) is 17.5 Å². The number of nitrogens with one attached hydrogen (secondary N) is 2. The van der Waals surface area contributed by atoms with Crippen LogP contribution in [-0.4, -0.2) is 25.7 Å². The van der Waals surface area contributed by atoms with Crippen molar-refractivity contribution in [1.29, 1.82) is 0 Å². The number of methoxy groups -OCH3 is 1. The van der Waals surface area contributed by atoms with Gasteiger partial charge in [0.15, 0.2) is 11.5 Å². The number of benzene rings is 2. The zero-order valence-electron chi connectivity index (χ0n) is 15.6. The second kappa shape index (κ2) is 7.80. The van der Waals surface area contributed by atoms with E-state index in [1.54, 1.807) is 7.11 Å². The highest BCUT2D eigenvalue weighted by molar-refractivity contribution is 5.92. The molecule has 2 aliphatic rings. The van der Waals surface area contributed by atoms with E-state index in [0.717, 1.165) is 16.9 Å². The number of amides is 2. The predicted molar refractivity (Wildman–Crippen MR) is 101 cm³/mol. The smallest absolute Gasteiger partial charge is 0.231 e. The summed E-state index contributed by atoms with van der Waals surface area (Å²) in [5, 5.41) is 5.79. The molecule has 1 fully saturated rings. The Bertz CT molecular complexity index is 881. The van der Waals surface area contributed by atoms with Gasteiger partial charge in [0.2, 0.25) is 18.6 Å². The van der Waals surface area contributed by atoms with Crippen molar-refractivity contribution < 1.29 is 23.8 Å². The fraction of sp³-hybridized carbons (Fsp3) is 0.333. The molecule has 0 bridgehead atoms. The van der Waals surface area contributed by atoms with Crippen LogP contribution in [0.5, 0.6) is 17.2 Å². The summed E-state index contributed by atoms with van der Waals surface area (Å²) >= 11 is 0. The van der Waals surface area contributed by atoms with Gasteiger partial charge in [-0.15, -0.1) is 0 Å². The number of carbonyl (C=O) groups is 2. The van der Waals surface area contributed by atoms with Crippen LogP contribution in [0, 0.1) is 11.8 Å². The lowest BCUT2D eigenvalue weighted by Crippen LogP contribution is -2.29. The molecule has 0 saturated heterocycles. The summed E-state index contributed by atoms with van der Waals surface area (Å²) < 4.78 is 15.7. The summed E-state index contributed by atoms with van der Waals surface area (Å²) in [6.07, 6.45) is 0.585. The topological polar surface area (TPSA) is 85.9 Å². The highest BCUT2D eigenvalue weighted by Crippen LogP contribution is 2.39. The van der Waals surface area contributed by atoms with Crippen molar-refractivity contribution in [1.82, 2.24) is 10.6 Å². The van der Waals surface area contributed by atoms with Crippen LogP contribution in [0.4, 0.5) is 0 Å². The Labute approximate surface area is 163 Å².